The van der Waals surface area contributed by atoms with Crippen LogP contribution in [0.4, 0.5) is 17.1 Å². The first kappa shape index (κ1) is 16.9. The Bertz CT molecular complexity index is 644. The summed E-state index contributed by atoms with van der Waals surface area (Å²) >= 11 is 0. The highest BCUT2D eigenvalue weighted by Gasteiger charge is 2.24. The number of nitro benzene ring substituents is 2. The van der Waals surface area contributed by atoms with Gasteiger partial charge in [-0.15, -0.1) is 0 Å². The van der Waals surface area contributed by atoms with Crippen molar-refractivity contribution in [2.24, 2.45) is 16.9 Å². The second kappa shape index (κ2) is 7.17. The lowest BCUT2D eigenvalue weighted by Gasteiger charge is -2.28. The molecule has 2 unspecified atom stereocenters. The zero-order chi connectivity index (χ0) is 17.0. The molecule has 0 saturated heterocycles. The molecule has 2 rings (SSSR count). The van der Waals surface area contributed by atoms with Crippen LogP contribution in [0.1, 0.15) is 39.5 Å². The molecule has 1 fully saturated rings. The Balaban J connectivity index is 2.20. The molecule has 8 nitrogen and oxygen atoms in total. The Morgan fingerprint density at radius 3 is 2.52 bits per heavy atom. The molecule has 124 valence electrons. The summed E-state index contributed by atoms with van der Waals surface area (Å²) in [6.07, 6.45) is 4.63. The molecule has 0 amide bonds. The fourth-order valence-electron chi connectivity index (χ4n) is 3.05. The summed E-state index contributed by atoms with van der Waals surface area (Å²) in [7, 11) is 0. The van der Waals surface area contributed by atoms with E-state index in [2.05, 4.69) is 17.5 Å². The van der Waals surface area contributed by atoms with Crippen molar-refractivity contribution in [3.8, 4) is 0 Å². The number of rotatable bonds is 5. The van der Waals surface area contributed by atoms with Crippen LogP contribution in [0.2, 0.25) is 0 Å². The van der Waals surface area contributed by atoms with Gasteiger partial charge in [-0.3, -0.25) is 25.7 Å². The Hall–Kier alpha value is -2.51. The molecule has 0 spiro atoms. The molecule has 1 aliphatic carbocycles. The van der Waals surface area contributed by atoms with Crippen LogP contribution >= 0.6 is 0 Å². The second-order valence-electron chi connectivity index (χ2n) is 5.95. The van der Waals surface area contributed by atoms with Crippen molar-refractivity contribution in [2.75, 3.05) is 5.43 Å². The third kappa shape index (κ3) is 4.02. The predicted octanol–water partition coefficient (Wildman–Crippen LogP) is 4.12. The van der Waals surface area contributed by atoms with Crippen LogP contribution in [0.5, 0.6) is 0 Å². The normalized spacial score (nSPS) is 21.7. The van der Waals surface area contributed by atoms with Gasteiger partial charge in [-0.25, -0.2) is 0 Å². The molecule has 0 radical (unpaired) electrons. The first-order chi connectivity index (χ1) is 10.9. The Morgan fingerprint density at radius 2 is 1.91 bits per heavy atom. The van der Waals surface area contributed by atoms with Gasteiger partial charge in [0.1, 0.15) is 5.69 Å². The van der Waals surface area contributed by atoms with E-state index < -0.39 is 9.85 Å². The number of hydrazone groups is 1. The fourth-order valence-corrected chi connectivity index (χ4v) is 3.05. The highest BCUT2D eigenvalue weighted by molar-refractivity contribution is 5.85. The highest BCUT2D eigenvalue weighted by atomic mass is 16.6. The van der Waals surface area contributed by atoms with E-state index in [1.165, 1.54) is 25.0 Å². The number of nitrogens with zero attached hydrogens (tertiary/aromatic N) is 3. The standard InChI is InChI=1S/C15H20N4O4/c1-10-5-3-4-6-13(10)11(2)16-17-14-8-7-12(18(20)21)9-15(14)19(22)23/h7-10,13,17H,3-6H2,1-2H3. The number of hydrogen-bond donors (Lipinski definition) is 1. The van der Waals surface area contributed by atoms with E-state index >= 15 is 0 Å². The number of hydrogen-bond acceptors (Lipinski definition) is 6. The highest BCUT2D eigenvalue weighted by Crippen LogP contribution is 2.32. The average Bonchev–Trinajstić information content (AvgIpc) is 2.52. The van der Waals surface area contributed by atoms with Crippen LogP contribution < -0.4 is 5.43 Å². The zero-order valence-corrected chi connectivity index (χ0v) is 13.2. The summed E-state index contributed by atoms with van der Waals surface area (Å²) < 4.78 is 0. The number of benzene rings is 1. The molecule has 0 aromatic heterocycles. The zero-order valence-electron chi connectivity index (χ0n) is 13.2. The number of non-ortho nitro benzene ring substituents is 1. The van der Waals surface area contributed by atoms with E-state index in [4.69, 9.17) is 0 Å². The van der Waals surface area contributed by atoms with Gasteiger partial charge in [0.05, 0.1) is 15.9 Å². The minimum absolute atomic E-state index is 0.156. The summed E-state index contributed by atoms with van der Waals surface area (Å²) in [6, 6.07) is 3.48. The summed E-state index contributed by atoms with van der Waals surface area (Å²) in [4.78, 5) is 20.5. The van der Waals surface area contributed by atoms with Crippen LogP contribution in [0.25, 0.3) is 0 Å². The molecular formula is C15H20N4O4. The minimum atomic E-state index is -0.658. The molecule has 8 heteroatoms. The smallest absolute Gasteiger partial charge is 0.272 e. The molecule has 1 aliphatic rings. The van der Waals surface area contributed by atoms with Gasteiger partial charge < -0.3 is 0 Å². The minimum Gasteiger partial charge on any atom is -0.272 e. The summed E-state index contributed by atoms with van der Waals surface area (Å²) in [6.45, 7) is 4.11. The van der Waals surface area contributed by atoms with Crippen molar-refractivity contribution in [1.29, 1.82) is 0 Å². The van der Waals surface area contributed by atoms with Gasteiger partial charge in [0.15, 0.2) is 0 Å². The summed E-state index contributed by atoms with van der Waals surface area (Å²) in [5.74, 6) is 0.912. The molecule has 1 N–H and O–H groups in total. The molecule has 0 aliphatic heterocycles. The maximum absolute atomic E-state index is 11.1. The van der Waals surface area contributed by atoms with Gasteiger partial charge in [0, 0.05) is 17.7 Å². The molecule has 1 aromatic carbocycles. The lowest BCUT2D eigenvalue weighted by Crippen LogP contribution is -2.24. The number of nitrogens with one attached hydrogen (secondary N) is 1. The van der Waals surface area contributed by atoms with Crippen molar-refractivity contribution in [3.05, 3.63) is 38.4 Å². The van der Waals surface area contributed by atoms with E-state index in [-0.39, 0.29) is 17.1 Å². The molecular weight excluding hydrogens is 300 g/mol. The van der Waals surface area contributed by atoms with Gasteiger partial charge in [-0.05, 0) is 25.3 Å². The van der Waals surface area contributed by atoms with E-state index in [1.807, 2.05) is 6.92 Å². The van der Waals surface area contributed by atoms with Crippen LogP contribution in [-0.2, 0) is 0 Å². The monoisotopic (exact) mass is 320 g/mol. The third-order valence-corrected chi connectivity index (χ3v) is 4.39. The Labute approximate surface area is 133 Å². The fraction of sp³-hybridized carbons (Fsp3) is 0.533. The van der Waals surface area contributed by atoms with Crippen molar-refractivity contribution in [1.82, 2.24) is 0 Å². The Kier molecular flexibility index (Phi) is 5.25. The van der Waals surface area contributed by atoms with Gasteiger partial charge in [-0.1, -0.05) is 26.2 Å². The van der Waals surface area contributed by atoms with Crippen LogP contribution in [0, 0.1) is 32.1 Å². The molecule has 23 heavy (non-hydrogen) atoms. The van der Waals surface area contributed by atoms with Gasteiger partial charge >= 0.3 is 5.69 Å². The van der Waals surface area contributed by atoms with Crippen molar-refractivity contribution in [2.45, 2.75) is 39.5 Å². The largest absolute Gasteiger partial charge is 0.301 e. The number of anilines is 1. The SMILES string of the molecule is CC(=NNc1ccc([N+](=O)[O-])cc1[N+](=O)[O-])C1CCCCC1C. The quantitative estimate of drug-likeness (QED) is 0.498. The third-order valence-electron chi connectivity index (χ3n) is 4.39. The van der Waals surface area contributed by atoms with Crippen molar-refractivity contribution >= 4 is 22.8 Å². The maximum atomic E-state index is 11.1. The lowest BCUT2D eigenvalue weighted by atomic mass is 9.78. The van der Waals surface area contributed by atoms with Crippen molar-refractivity contribution < 1.29 is 9.85 Å². The average molecular weight is 320 g/mol. The van der Waals surface area contributed by atoms with Gasteiger partial charge in [0.2, 0.25) is 0 Å². The molecule has 2 atom stereocenters. The molecule has 0 bridgehead atoms. The lowest BCUT2D eigenvalue weighted by molar-refractivity contribution is -0.393. The van der Waals surface area contributed by atoms with E-state index in [0.717, 1.165) is 24.6 Å². The van der Waals surface area contributed by atoms with E-state index in [9.17, 15) is 20.2 Å². The van der Waals surface area contributed by atoms with E-state index in [0.29, 0.717) is 11.8 Å². The Morgan fingerprint density at radius 1 is 1.22 bits per heavy atom. The van der Waals surface area contributed by atoms with Crippen LogP contribution in [0.3, 0.4) is 0 Å². The first-order valence-electron chi connectivity index (χ1n) is 7.63. The summed E-state index contributed by atoms with van der Waals surface area (Å²) in [5, 5.41) is 26.1. The maximum Gasteiger partial charge on any atom is 0.301 e. The van der Waals surface area contributed by atoms with Gasteiger partial charge in [-0.2, -0.15) is 5.10 Å². The van der Waals surface area contributed by atoms with E-state index in [1.54, 1.807) is 0 Å². The molecule has 0 heterocycles. The second-order valence-corrected chi connectivity index (χ2v) is 5.95. The van der Waals surface area contributed by atoms with Crippen molar-refractivity contribution in [3.63, 3.8) is 0 Å². The van der Waals surface area contributed by atoms with Crippen LogP contribution in [0.15, 0.2) is 23.3 Å². The summed E-state index contributed by atoms with van der Waals surface area (Å²) in [5.41, 5.74) is 3.10. The van der Waals surface area contributed by atoms with Crippen LogP contribution in [-0.4, -0.2) is 15.6 Å². The topological polar surface area (TPSA) is 111 Å². The predicted molar refractivity (Wildman–Crippen MR) is 87.6 cm³/mol. The first-order valence-corrected chi connectivity index (χ1v) is 7.63. The molecule has 1 aromatic rings. The van der Waals surface area contributed by atoms with Gasteiger partial charge in [0.25, 0.3) is 5.69 Å². The molecule has 1 saturated carbocycles. The number of nitro groups is 2.